The van der Waals surface area contributed by atoms with Gasteiger partial charge >= 0.3 is 0 Å². The summed E-state index contributed by atoms with van der Waals surface area (Å²) in [7, 11) is 0. The third-order valence-corrected chi connectivity index (χ3v) is 3.37. The van der Waals surface area contributed by atoms with E-state index in [1.54, 1.807) is 23.1 Å². The third kappa shape index (κ3) is 3.20. The van der Waals surface area contributed by atoms with E-state index in [0.717, 1.165) is 0 Å². The van der Waals surface area contributed by atoms with E-state index in [1.807, 2.05) is 13.8 Å². The van der Waals surface area contributed by atoms with Crippen LogP contribution in [0.5, 0.6) is 0 Å². The van der Waals surface area contributed by atoms with Crippen molar-refractivity contribution < 1.29 is 9.90 Å². The highest BCUT2D eigenvalue weighted by atomic mass is 79.9. The Labute approximate surface area is 110 Å². The van der Waals surface area contributed by atoms with Crippen molar-refractivity contribution >= 4 is 27.5 Å². The summed E-state index contributed by atoms with van der Waals surface area (Å²) in [4.78, 5) is 13.9. The summed E-state index contributed by atoms with van der Waals surface area (Å²) < 4.78 is 0.605. The van der Waals surface area contributed by atoms with Gasteiger partial charge in [-0.1, -0.05) is 6.07 Å². The summed E-state index contributed by atoms with van der Waals surface area (Å²) in [6.07, 6.45) is 0. The van der Waals surface area contributed by atoms with Gasteiger partial charge in [-0.15, -0.1) is 0 Å². The molecule has 5 heteroatoms. The third-order valence-electron chi connectivity index (χ3n) is 2.48. The maximum atomic E-state index is 12.3. The highest BCUT2D eigenvalue weighted by Gasteiger charge is 2.20. The lowest BCUT2D eigenvalue weighted by Gasteiger charge is -2.26. The Hall–Kier alpha value is -1.07. The van der Waals surface area contributed by atoms with Crippen molar-refractivity contribution in [2.75, 3.05) is 18.9 Å². The normalized spacial score (nSPS) is 10.6. The van der Waals surface area contributed by atoms with Crippen LogP contribution in [0.3, 0.4) is 0 Å². The van der Waals surface area contributed by atoms with Crippen LogP contribution in [0.25, 0.3) is 0 Å². The predicted octanol–water partition coefficient (Wildman–Crippen LogP) is 1.87. The van der Waals surface area contributed by atoms with Crippen molar-refractivity contribution in [3.63, 3.8) is 0 Å². The molecule has 0 aliphatic rings. The topological polar surface area (TPSA) is 66.6 Å². The van der Waals surface area contributed by atoms with Crippen LogP contribution in [0.1, 0.15) is 24.2 Å². The fourth-order valence-electron chi connectivity index (χ4n) is 1.57. The fraction of sp³-hybridized carbons (Fsp3) is 0.417. The monoisotopic (exact) mass is 300 g/mol. The molecule has 0 spiro atoms. The quantitative estimate of drug-likeness (QED) is 0.834. The van der Waals surface area contributed by atoms with Gasteiger partial charge in [0.25, 0.3) is 5.91 Å². The summed E-state index contributed by atoms with van der Waals surface area (Å²) in [6, 6.07) is 5.22. The number of carbonyl (C=O) groups is 1. The van der Waals surface area contributed by atoms with Gasteiger partial charge in [-0.25, -0.2) is 0 Å². The zero-order valence-corrected chi connectivity index (χ0v) is 11.6. The highest BCUT2D eigenvalue weighted by Crippen LogP contribution is 2.25. The number of amides is 1. The molecule has 0 fully saturated rings. The lowest BCUT2D eigenvalue weighted by molar-refractivity contribution is 0.0664. The summed E-state index contributed by atoms with van der Waals surface area (Å²) in [5.41, 5.74) is 6.79. The molecule has 17 heavy (non-hydrogen) atoms. The van der Waals surface area contributed by atoms with Gasteiger partial charge in [0.1, 0.15) is 0 Å². The second-order valence-corrected chi connectivity index (χ2v) is 4.82. The lowest BCUT2D eigenvalue weighted by Crippen LogP contribution is -2.39. The van der Waals surface area contributed by atoms with Gasteiger partial charge < -0.3 is 15.7 Å². The Morgan fingerprint density at radius 3 is 2.71 bits per heavy atom. The Morgan fingerprint density at radius 1 is 1.53 bits per heavy atom. The smallest absolute Gasteiger partial charge is 0.255 e. The zero-order valence-electron chi connectivity index (χ0n) is 9.98. The minimum atomic E-state index is -0.131. The van der Waals surface area contributed by atoms with Crippen LogP contribution in [0, 0.1) is 0 Å². The Morgan fingerprint density at radius 2 is 2.18 bits per heavy atom. The number of rotatable bonds is 4. The van der Waals surface area contributed by atoms with Gasteiger partial charge in [0.15, 0.2) is 0 Å². The van der Waals surface area contributed by atoms with Crippen LogP contribution < -0.4 is 5.73 Å². The Kier molecular flexibility index (Phi) is 4.96. The largest absolute Gasteiger partial charge is 0.398 e. The molecule has 0 atom stereocenters. The minimum absolute atomic E-state index is 0.0305. The Bertz CT molecular complexity index is 407. The minimum Gasteiger partial charge on any atom is -0.398 e. The number of carbonyl (C=O) groups excluding carboxylic acids is 1. The molecule has 1 amide bonds. The van der Waals surface area contributed by atoms with E-state index in [4.69, 9.17) is 10.8 Å². The number of nitrogens with two attached hydrogens (primary N) is 1. The van der Waals surface area contributed by atoms with Crippen LogP contribution in [0.15, 0.2) is 22.7 Å². The number of nitrogen functional groups attached to an aromatic ring is 1. The predicted molar refractivity (Wildman–Crippen MR) is 71.8 cm³/mol. The van der Waals surface area contributed by atoms with Crippen molar-refractivity contribution in [1.29, 1.82) is 0 Å². The van der Waals surface area contributed by atoms with E-state index < -0.39 is 0 Å². The first kappa shape index (κ1) is 14.0. The van der Waals surface area contributed by atoms with Crippen LogP contribution in [0.4, 0.5) is 5.69 Å². The summed E-state index contributed by atoms with van der Waals surface area (Å²) >= 11 is 3.31. The number of hydrogen-bond donors (Lipinski definition) is 2. The van der Waals surface area contributed by atoms with E-state index in [0.29, 0.717) is 22.3 Å². The van der Waals surface area contributed by atoms with Crippen LogP contribution in [-0.2, 0) is 0 Å². The van der Waals surface area contributed by atoms with E-state index in [1.165, 1.54) is 0 Å². The van der Waals surface area contributed by atoms with Gasteiger partial charge in [0, 0.05) is 18.3 Å². The van der Waals surface area contributed by atoms with Crippen molar-refractivity contribution in [3.8, 4) is 0 Å². The highest BCUT2D eigenvalue weighted by molar-refractivity contribution is 9.10. The van der Waals surface area contributed by atoms with E-state index in [-0.39, 0.29) is 18.6 Å². The average Bonchev–Trinajstić information content (AvgIpc) is 2.28. The number of aliphatic hydroxyl groups excluding tert-OH is 1. The van der Waals surface area contributed by atoms with E-state index in [2.05, 4.69) is 15.9 Å². The summed E-state index contributed by atoms with van der Waals surface area (Å²) in [6.45, 7) is 4.09. The number of anilines is 1. The van der Waals surface area contributed by atoms with Crippen LogP contribution >= 0.6 is 15.9 Å². The maximum Gasteiger partial charge on any atom is 0.255 e. The van der Waals surface area contributed by atoms with Gasteiger partial charge in [0.05, 0.1) is 16.6 Å². The van der Waals surface area contributed by atoms with Crippen molar-refractivity contribution in [1.82, 2.24) is 4.90 Å². The summed E-state index contributed by atoms with van der Waals surface area (Å²) in [5, 5.41) is 8.97. The molecule has 0 saturated carbocycles. The van der Waals surface area contributed by atoms with Crippen LogP contribution in [-0.4, -0.2) is 35.1 Å². The van der Waals surface area contributed by atoms with Crippen molar-refractivity contribution in [3.05, 3.63) is 28.2 Å². The number of hydrogen-bond acceptors (Lipinski definition) is 3. The van der Waals surface area contributed by atoms with Crippen molar-refractivity contribution in [2.24, 2.45) is 0 Å². The van der Waals surface area contributed by atoms with Gasteiger partial charge in [-0.3, -0.25) is 4.79 Å². The molecule has 0 bridgehead atoms. The number of aliphatic hydroxyl groups is 1. The number of nitrogens with zero attached hydrogens (tertiary/aromatic N) is 1. The van der Waals surface area contributed by atoms with E-state index in [9.17, 15) is 4.79 Å². The maximum absolute atomic E-state index is 12.3. The molecule has 1 aromatic rings. The standard InChI is InChI=1S/C12H17BrN2O2/c1-8(2)15(6-7-16)12(17)9-4-3-5-10(14)11(9)13/h3-5,8,16H,6-7,14H2,1-2H3. The molecular formula is C12H17BrN2O2. The molecule has 0 radical (unpaired) electrons. The fourth-order valence-corrected chi connectivity index (χ4v) is 2.01. The SMILES string of the molecule is CC(C)N(CCO)C(=O)c1cccc(N)c1Br. The molecule has 0 heterocycles. The van der Waals surface area contributed by atoms with Gasteiger partial charge in [-0.2, -0.15) is 0 Å². The van der Waals surface area contributed by atoms with Gasteiger partial charge in [-0.05, 0) is 41.9 Å². The van der Waals surface area contributed by atoms with Crippen LogP contribution in [0.2, 0.25) is 0 Å². The second kappa shape index (κ2) is 6.02. The molecule has 94 valence electrons. The first-order valence-electron chi connectivity index (χ1n) is 5.44. The second-order valence-electron chi connectivity index (χ2n) is 4.02. The average molecular weight is 301 g/mol. The molecule has 3 N–H and O–H groups in total. The molecule has 0 unspecified atom stereocenters. The van der Waals surface area contributed by atoms with Crippen molar-refractivity contribution in [2.45, 2.75) is 19.9 Å². The number of halogens is 1. The Balaban J connectivity index is 3.05. The van der Waals surface area contributed by atoms with Gasteiger partial charge in [0.2, 0.25) is 0 Å². The zero-order chi connectivity index (χ0) is 13.0. The molecule has 4 nitrogen and oxygen atoms in total. The molecule has 0 aromatic heterocycles. The van der Waals surface area contributed by atoms with E-state index >= 15 is 0 Å². The molecule has 0 aliphatic heterocycles. The molecular weight excluding hydrogens is 284 g/mol. The molecule has 0 aliphatic carbocycles. The number of benzene rings is 1. The molecule has 1 rings (SSSR count). The lowest BCUT2D eigenvalue weighted by atomic mass is 10.1. The molecule has 0 saturated heterocycles. The summed E-state index contributed by atoms with van der Waals surface area (Å²) in [5.74, 6) is -0.131. The molecule has 1 aromatic carbocycles. The first-order valence-corrected chi connectivity index (χ1v) is 6.24. The first-order chi connectivity index (χ1) is 7.99.